The number of hydrogen-bond donors (Lipinski definition) is 1. The molecule has 0 aliphatic carbocycles. The van der Waals surface area contributed by atoms with Crippen molar-refractivity contribution in [2.24, 2.45) is 11.8 Å². The number of likely N-dealkylation sites (N-methyl/N-ethyl adjacent to an activating group) is 2. The summed E-state index contributed by atoms with van der Waals surface area (Å²) in [5.41, 5.74) is 2.65. The molecule has 0 bridgehead atoms. The van der Waals surface area contributed by atoms with E-state index in [2.05, 4.69) is 61.9 Å². The maximum Gasteiger partial charge on any atom is 0.0366 e. The Labute approximate surface area is 136 Å². The molecule has 0 amide bonds. The fraction of sp³-hybridized carbons (Fsp3) is 0.667. The SMILES string of the molecule is CCN(CCN(C)N)c1ccc(CN(C)CCC(C)C)cc1. The van der Waals surface area contributed by atoms with Gasteiger partial charge in [-0.15, -0.1) is 0 Å². The van der Waals surface area contributed by atoms with Crippen molar-refractivity contribution in [1.82, 2.24) is 9.91 Å². The monoisotopic (exact) mass is 306 g/mol. The summed E-state index contributed by atoms with van der Waals surface area (Å²) in [4.78, 5) is 4.76. The Morgan fingerprint density at radius 3 is 2.14 bits per heavy atom. The van der Waals surface area contributed by atoms with Gasteiger partial charge in [0.25, 0.3) is 0 Å². The maximum absolute atomic E-state index is 5.70. The average molecular weight is 306 g/mol. The first kappa shape index (κ1) is 18.9. The minimum atomic E-state index is 0.767. The third-order valence-electron chi connectivity index (χ3n) is 3.95. The van der Waals surface area contributed by atoms with E-state index in [1.165, 1.54) is 17.7 Å². The lowest BCUT2D eigenvalue weighted by Gasteiger charge is -2.25. The lowest BCUT2D eigenvalue weighted by atomic mass is 10.1. The molecule has 0 aromatic heterocycles. The maximum atomic E-state index is 5.70. The number of nitrogens with two attached hydrogens (primary N) is 1. The molecule has 0 saturated carbocycles. The van der Waals surface area contributed by atoms with Crippen molar-refractivity contribution in [3.8, 4) is 0 Å². The second-order valence-corrected chi connectivity index (χ2v) is 6.65. The average Bonchev–Trinajstić information content (AvgIpc) is 2.47. The van der Waals surface area contributed by atoms with Crippen LogP contribution in [0, 0.1) is 5.92 Å². The third-order valence-corrected chi connectivity index (χ3v) is 3.95. The van der Waals surface area contributed by atoms with E-state index in [1.54, 1.807) is 5.01 Å². The largest absolute Gasteiger partial charge is 0.370 e. The highest BCUT2D eigenvalue weighted by molar-refractivity contribution is 5.47. The minimum Gasteiger partial charge on any atom is -0.370 e. The van der Waals surface area contributed by atoms with Gasteiger partial charge < -0.3 is 9.80 Å². The van der Waals surface area contributed by atoms with Crippen LogP contribution in [-0.2, 0) is 6.54 Å². The molecule has 22 heavy (non-hydrogen) atoms. The highest BCUT2D eigenvalue weighted by atomic mass is 15.4. The summed E-state index contributed by atoms with van der Waals surface area (Å²) >= 11 is 0. The summed E-state index contributed by atoms with van der Waals surface area (Å²) in [5.74, 6) is 6.47. The molecule has 0 fully saturated rings. The summed E-state index contributed by atoms with van der Waals surface area (Å²) < 4.78 is 0. The van der Waals surface area contributed by atoms with Crippen molar-refractivity contribution in [3.63, 3.8) is 0 Å². The van der Waals surface area contributed by atoms with Crippen LogP contribution in [0.1, 0.15) is 32.8 Å². The van der Waals surface area contributed by atoms with Crippen LogP contribution in [0.25, 0.3) is 0 Å². The predicted octanol–water partition coefficient (Wildman–Crippen LogP) is 2.80. The van der Waals surface area contributed by atoms with Crippen LogP contribution in [0.5, 0.6) is 0 Å². The summed E-state index contributed by atoms with van der Waals surface area (Å²) in [6, 6.07) is 8.95. The molecule has 0 aliphatic heterocycles. The first-order valence-corrected chi connectivity index (χ1v) is 8.40. The molecule has 0 aliphatic rings. The van der Waals surface area contributed by atoms with Crippen molar-refractivity contribution in [2.45, 2.75) is 33.7 Å². The number of benzene rings is 1. The van der Waals surface area contributed by atoms with Gasteiger partial charge in [0, 0.05) is 38.9 Å². The Morgan fingerprint density at radius 1 is 1.00 bits per heavy atom. The van der Waals surface area contributed by atoms with E-state index in [1.807, 2.05) is 7.05 Å². The van der Waals surface area contributed by atoms with Crippen LogP contribution in [0.3, 0.4) is 0 Å². The van der Waals surface area contributed by atoms with Crippen molar-refractivity contribution in [2.75, 3.05) is 45.2 Å². The molecule has 0 spiro atoms. The first-order chi connectivity index (χ1) is 10.4. The molecular weight excluding hydrogens is 272 g/mol. The standard InChI is InChI=1S/C18H34N4/c1-6-22(14-13-21(5)19)18-9-7-17(8-10-18)15-20(4)12-11-16(2)3/h7-10,16H,6,11-15,19H2,1-5H3. The number of anilines is 1. The molecule has 1 aromatic rings. The van der Waals surface area contributed by atoms with Crippen molar-refractivity contribution < 1.29 is 0 Å². The zero-order chi connectivity index (χ0) is 16.5. The van der Waals surface area contributed by atoms with Gasteiger partial charge in [-0.05, 0) is 50.6 Å². The molecule has 1 rings (SSSR count). The number of hydrogen-bond acceptors (Lipinski definition) is 4. The third kappa shape index (κ3) is 7.25. The summed E-state index contributed by atoms with van der Waals surface area (Å²) in [7, 11) is 4.11. The topological polar surface area (TPSA) is 35.7 Å². The predicted molar refractivity (Wildman–Crippen MR) is 96.9 cm³/mol. The first-order valence-electron chi connectivity index (χ1n) is 8.40. The second-order valence-electron chi connectivity index (χ2n) is 6.65. The highest BCUT2D eigenvalue weighted by Gasteiger charge is 2.06. The van der Waals surface area contributed by atoms with Gasteiger partial charge in [0.1, 0.15) is 0 Å². The van der Waals surface area contributed by atoms with E-state index in [9.17, 15) is 0 Å². The van der Waals surface area contributed by atoms with E-state index in [-0.39, 0.29) is 0 Å². The Hall–Kier alpha value is -1.10. The fourth-order valence-corrected chi connectivity index (χ4v) is 2.43. The van der Waals surface area contributed by atoms with Crippen LogP contribution in [-0.4, -0.2) is 50.2 Å². The van der Waals surface area contributed by atoms with Gasteiger partial charge >= 0.3 is 0 Å². The molecule has 0 radical (unpaired) electrons. The quantitative estimate of drug-likeness (QED) is 0.532. The van der Waals surface area contributed by atoms with E-state index in [0.29, 0.717) is 0 Å². The molecule has 0 unspecified atom stereocenters. The van der Waals surface area contributed by atoms with E-state index in [0.717, 1.165) is 38.6 Å². The van der Waals surface area contributed by atoms with Gasteiger partial charge in [-0.1, -0.05) is 26.0 Å². The van der Waals surface area contributed by atoms with Gasteiger partial charge in [0.15, 0.2) is 0 Å². The molecule has 126 valence electrons. The van der Waals surface area contributed by atoms with E-state index < -0.39 is 0 Å². The van der Waals surface area contributed by atoms with Crippen LogP contribution < -0.4 is 10.7 Å². The number of rotatable bonds is 10. The van der Waals surface area contributed by atoms with Gasteiger partial charge in [-0.3, -0.25) is 5.84 Å². The number of nitrogens with zero attached hydrogens (tertiary/aromatic N) is 3. The highest BCUT2D eigenvalue weighted by Crippen LogP contribution is 2.16. The Bertz CT molecular complexity index is 400. The Morgan fingerprint density at radius 2 is 1.64 bits per heavy atom. The van der Waals surface area contributed by atoms with Gasteiger partial charge in [0.05, 0.1) is 0 Å². The van der Waals surface area contributed by atoms with Crippen molar-refractivity contribution in [3.05, 3.63) is 29.8 Å². The molecular formula is C18H34N4. The number of hydrazine groups is 1. The summed E-state index contributed by atoms with van der Waals surface area (Å²) in [6.45, 7) is 11.7. The van der Waals surface area contributed by atoms with Crippen molar-refractivity contribution >= 4 is 5.69 Å². The van der Waals surface area contributed by atoms with E-state index >= 15 is 0 Å². The molecule has 0 saturated heterocycles. The molecule has 4 heteroatoms. The molecule has 1 aromatic carbocycles. The minimum absolute atomic E-state index is 0.767. The van der Waals surface area contributed by atoms with Crippen LogP contribution in [0.15, 0.2) is 24.3 Å². The molecule has 4 nitrogen and oxygen atoms in total. The van der Waals surface area contributed by atoms with Crippen molar-refractivity contribution in [1.29, 1.82) is 0 Å². The van der Waals surface area contributed by atoms with Gasteiger partial charge in [0.2, 0.25) is 0 Å². The second kappa shape index (κ2) is 9.82. The lowest BCUT2D eigenvalue weighted by Crippen LogP contribution is -2.36. The van der Waals surface area contributed by atoms with Gasteiger partial charge in [-0.2, -0.15) is 0 Å². The van der Waals surface area contributed by atoms with Crippen LogP contribution >= 0.6 is 0 Å². The van der Waals surface area contributed by atoms with Crippen LogP contribution in [0.4, 0.5) is 5.69 Å². The van der Waals surface area contributed by atoms with E-state index in [4.69, 9.17) is 5.84 Å². The Kier molecular flexibility index (Phi) is 8.46. The zero-order valence-corrected chi connectivity index (χ0v) is 15.0. The Balaban J connectivity index is 2.53. The lowest BCUT2D eigenvalue weighted by molar-refractivity contribution is 0.303. The summed E-state index contributed by atoms with van der Waals surface area (Å²) in [5, 5.41) is 1.74. The zero-order valence-electron chi connectivity index (χ0n) is 15.0. The smallest absolute Gasteiger partial charge is 0.0366 e. The van der Waals surface area contributed by atoms with Gasteiger partial charge in [-0.25, -0.2) is 5.01 Å². The van der Waals surface area contributed by atoms with Crippen LogP contribution in [0.2, 0.25) is 0 Å². The molecule has 0 heterocycles. The molecule has 2 N–H and O–H groups in total. The summed E-state index contributed by atoms with van der Waals surface area (Å²) in [6.07, 6.45) is 1.25. The normalized spacial score (nSPS) is 11.7. The fourth-order valence-electron chi connectivity index (χ4n) is 2.43. The molecule has 0 atom stereocenters.